The maximum Gasteiger partial charge on any atom is 0.254 e. The first-order chi connectivity index (χ1) is 14.9. The largest absolute Gasteiger partial charge is 0.495 e. The van der Waals surface area contributed by atoms with Crippen LogP contribution in [0, 0.1) is 0 Å². The SMILES string of the molecule is COc1cc2c(cc1Nc1ncc(C(N)=O)c(NC3CCC(N)CC3)n1)CN(C)CC2. The lowest BCUT2D eigenvalue weighted by atomic mass is 9.92. The molecule has 1 aliphatic carbocycles. The Morgan fingerprint density at radius 3 is 2.71 bits per heavy atom. The predicted octanol–water partition coefficient (Wildman–Crippen LogP) is 2.00. The first-order valence-electron chi connectivity index (χ1n) is 10.8. The van der Waals surface area contributed by atoms with Crippen LogP contribution >= 0.6 is 0 Å². The number of aromatic nitrogens is 2. The second-order valence-electron chi connectivity index (χ2n) is 8.51. The van der Waals surface area contributed by atoms with Gasteiger partial charge in [0.25, 0.3) is 5.91 Å². The number of likely N-dealkylation sites (N-methyl/N-ethyl adjacent to an activating group) is 1. The van der Waals surface area contributed by atoms with Crippen molar-refractivity contribution in [2.75, 3.05) is 31.3 Å². The number of carbonyl (C=O) groups is 1. The molecule has 1 aliphatic heterocycles. The van der Waals surface area contributed by atoms with Gasteiger partial charge in [0.15, 0.2) is 0 Å². The molecule has 1 aromatic carbocycles. The number of nitrogens with zero attached hydrogens (tertiary/aromatic N) is 3. The van der Waals surface area contributed by atoms with Crippen LogP contribution in [0.15, 0.2) is 18.3 Å². The van der Waals surface area contributed by atoms with Gasteiger partial charge in [0, 0.05) is 31.4 Å². The highest BCUT2D eigenvalue weighted by molar-refractivity contribution is 5.97. The van der Waals surface area contributed by atoms with E-state index in [1.807, 2.05) is 0 Å². The minimum atomic E-state index is -0.559. The molecule has 2 aliphatic rings. The van der Waals surface area contributed by atoms with Crippen molar-refractivity contribution < 1.29 is 9.53 Å². The number of carbonyl (C=O) groups excluding carboxylic acids is 1. The number of anilines is 3. The summed E-state index contributed by atoms with van der Waals surface area (Å²) < 4.78 is 5.60. The number of benzene rings is 1. The second kappa shape index (κ2) is 9.07. The van der Waals surface area contributed by atoms with Gasteiger partial charge >= 0.3 is 0 Å². The van der Waals surface area contributed by atoms with Crippen LogP contribution in [0.4, 0.5) is 17.5 Å². The zero-order valence-corrected chi connectivity index (χ0v) is 18.1. The van der Waals surface area contributed by atoms with E-state index < -0.39 is 5.91 Å². The van der Waals surface area contributed by atoms with Crippen molar-refractivity contribution in [2.24, 2.45) is 11.5 Å². The van der Waals surface area contributed by atoms with Gasteiger partial charge in [0.1, 0.15) is 11.6 Å². The summed E-state index contributed by atoms with van der Waals surface area (Å²) in [7, 11) is 3.77. The van der Waals surface area contributed by atoms with E-state index in [2.05, 4.69) is 44.7 Å². The van der Waals surface area contributed by atoms with Gasteiger partial charge in [0.2, 0.25) is 5.95 Å². The average molecular weight is 426 g/mol. The predicted molar refractivity (Wildman–Crippen MR) is 121 cm³/mol. The highest BCUT2D eigenvalue weighted by atomic mass is 16.5. The number of hydrogen-bond donors (Lipinski definition) is 4. The number of ether oxygens (including phenoxy) is 1. The third kappa shape index (κ3) is 4.88. The van der Waals surface area contributed by atoms with Crippen molar-refractivity contribution in [3.05, 3.63) is 35.0 Å². The number of hydrogen-bond acceptors (Lipinski definition) is 8. The summed E-state index contributed by atoms with van der Waals surface area (Å²) in [5, 5.41) is 6.64. The quantitative estimate of drug-likeness (QED) is 0.553. The number of nitrogens with two attached hydrogens (primary N) is 2. The summed E-state index contributed by atoms with van der Waals surface area (Å²) in [6, 6.07) is 4.61. The van der Waals surface area contributed by atoms with E-state index in [1.54, 1.807) is 7.11 Å². The molecule has 0 saturated heterocycles. The molecule has 2 aromatic rings. The molecule has 0 unspecified atom stereocenters. The Bertz CT molecular complexity index is 957. The van der Waals surface area contributed by atoms with Crippen molar-refractivity contribution in [2.45, 2.75) is 50.7 Å². The van der Waals surface area contributed by atoms with E-state index in [-0.39, 0.29) is 17.6 Å². The number of fused-ring (bicyclic) bond motifs is 1. The molecule has 9 nitrogen and oxygen atoms in total. The summed E-state index contributed by atoms with van der Waals surface area (Å²) in [4.78, 5) is 23.1. The highest BCUT2D eigenvalue weighted by Crippen LogP contribution is 2.33. The molecule has 4 rings (SSSR count). The molecule has 1 fully saturated rings. The summed E-state index contributed by atoms with van der Waals surface area (Å²) in [5.41, 5.74) is 15.2. The second-order valence-corrected chi connectivity index (χ2v) is 8.51. The summed E-state index contributed by atoms with van der Waals surface area (Å²) >= 11 is 0. The summed E-state index contributed by atoms with van der Waals surface area (Å²) in [5.74, 6) is 1.00. The van der Waals surface area contributed by atoms with E-state index >= 15 is 0 Å². The Kier molecular flexibility index (Phi) is 6.24. The van der Waals surface area contributed by atoms with Gasteiger partial charge in [-0.05, 0) is 62.4 Å². The Morgan fingerprint density at radius 2 is 2.00 bits per heavy atom. The van der Waals surface area contributed by atoms with Gasteiger partial charge in [-0.2, -0.15) is 4.98 Å². The third-order valence-electron chi connectivity index (χ3n) is 6.14. The highest BCUT2D eigenvalue weighted by Gasteiger charge is 2.22. The number of nitrogens with one attached hydrogen (secondary N) is 2. The first-order valence-corrected chi connectivity index (χ1v) is 10.8. The minimum absolute atomic E-state index is 0.203. The molecule has 0 atom stereocenters. The van der Waals surface area contributed by atoms with Crippen molar-refractivity contribution in [1.29, 1.82) is 0 Å². The Morgan fingerprint density at radius 1 is 1.23 bits per heavy atom. The van der Waals surface area contributed by atoms with Crippen LogP contribution in [-0.2, 0) is 13.0 Å². The summed E-state index contributed by atoms with van der Waals surface area (Å²) in [6.07, 6.45) is 6.20. The van der Waals surface area contributed by atoms with Gasteiger partial charge in [-0.1, -0.05) is 0 Å². The Labute approximate surface area is 182 Å². The molecular formula is C22H31N7O2. The fourth-order valence-corrected chi connectivity index (χ4v) is 4.30. The van der Waals surface area contributed by atoms with E-state index in [0.717, 1.165) is 56.6 Å². The minimum Gasteiger partial charge on any atom is -0.495 e. The molecular weight excluding hydrogens is 394 g/mol. The smallest absolute Gasteiger partial charge is 0.254 e. The van der Waals surface area contributed by atoms with Crippen LogP contribution < -0.4 is 26.8 Å². The first kappa shape index (κ1) is 21.3. The lowest BCUT2D eigenvalue weighted by Crippen LogP contribution is -2.33. The van der Waals surface area contributed by atoms with Gasteiger partial charge in [-0.3, -0.25) is 4.79 Å². The molecule has 1 saturated carbocycles. The molecule has 0 radical (unpaired) electrons. The van der Waals surface area contributed by atoms with Gasteiger partial charge in [-0.15, -0.1) is 0 Å². The zero-order chi connectivity index (χ0) is 22.0. The van der Waals surface area contributed by atoms with Crippen molar-refractivity contribution >= 4 is 23.4 Å². The monoisotopic (exact) mass is 425 g/mol. The van der Waals surface area contributed by atoms with Crippen molar-refractivity contribution in [3.8, 4) is 5.75 Å². The lowest BCUT2D eigenvalue weighted by Gasteiger charge is -2.28. The molecule has 0 bridgehead atoms. The maximum absolute atomic E-state index is 11.9. The van der Waals surface area contributed by atoms with Crippen LogP contribution in [-0.4, -0.2) is 53.6 Å². The lowest BCUT2D eigenvalue weighted by molar-refractivity contribution is 0.100. The van der Waals surface area contributed by atoms with E-state index in [0.29, 0.717) is 11.8 Å². The van der Waals surface area contributed by atoms with Crippen LogP contribution in [0.2, 0.25) is 0 Å². The number of methoxy groups -OCH3 is 1. The van der Waals surface area contributed by atoms with E-state index in [4.69, 9.17) is 16.2 Å². The fraction of sp³-hybridized carbons (Fsp3) is 0.500. The zero-order valence-electron chi connectivity index (χ0n) is 18.1. The van der Waals surface area contributed by atoms with Crippen molar-refractivity contribution in [1.82, 2.24) is 14.9 Å². The van der Waals surface area contributed by atoms with Gasteiger partial charge < -0.3 is 31.7 Å². The standard InChI is InChI=1S/C22H31N7O2/c1-29-8-7-13-10-19(31-2)18(9-14(13)12-29)27-22-25-11-17(20(24)30)21(28-22)26-16-5-3-15(23)4-6-16/h9-11,15-16H,3-8,12,23H2,1-2H3,(H2,24,30)(H2,25,26,27,28). The van der Waals surface area contributed by atoms with Gasteiger partial charge in [-0.25, -0.2) is 4.98 Å². The normalized spacial score (nSPS) is 21.3. The molecule has 1 amide bonds. The van der Waals surface area contributed by atoms with Crippen LogP contribution in [0.25, 0.3) is 0 Å². The number of amides is 1. The van der Waals surface area contributed by atoms with E-state index in [1.165, 1.54) is 17.3 Å². The average Bonchev–Trinajstić information content (AvgIpc) is 2.75. The molecule has 31 heavy (non-hydrogen) atoms. The Hall–Kier alpha value is -2.91. The van der Waals surface area contributed by atoms with Crippen LogP contribution in [0.3, 0.4) is 0 Å². The van der Waals surface area contributed by atoms with Crippen LogP contribution in [0.5, 0.6) is 5.75 Å². The third-order valence-corrected chi connectivity index (χ3v) is 6.14. The molecule has 1 aromatic heterocycles. The fourth-order valence-electron chi connectivity index (χ4n) is 4.30. The molecule has 166 valence electrons. The molecule has 6 N–H and O–H groups in total. The topological polar surface area (TPSA) is 131 Å². The summed E-state index contributed by atoms with van der Waals surface area (Å²) in [6.45, 7) is 1.91. The van der Waals surface area contributed by atoms with Gasteiger partial charge in [0.05, 0.1) is 18.4 Å². The van der Waals surface area contributed by atoms with Crippen molar-refractivity contribution in [3.63, 3.8) is 0 Å². The molecule has 0 spiro atoms. The maximum atomic E-state index is 11.9. The number of rotatable bonds is 6. The van der Waals surface area contributed by atoms with Crippen LogP contribution in [0.1, 0.15) is 47.2 Å². The Balaban J connectivity index is 1.60. The van der Waals surface area contributed by atoms with E-state index in [9.17, 15) is 4.79 Å². The number of primary amides is 1. The molecule has 9 heteroatoms. The molecule has 2 heterocycles.